The monoisotopic (exact) mass is 374 g/mol. The van der Waals surface area contributed by atoms with Crippen LogP contribution in [0.25, 0.3) is 16.8 Å². The van der Waals surface area contributed by atoms with Gasteiger partial charge in [0.25, 0.3) is 5.91 Å². The summed E-state index contributed by atoms with van der Waals surface area (Å²) >= 11 is 0. The van der Waals surface area contributed by atoms with E-state index in [0.29, 0.717) is 23.7 Å². The molecule has 1 aliphatic heterocycles. The number of carbonyl (C=O) groups excluding carboxylic acids is 2. The summed E-state index contributed by atoms with van der Waals surface area (Å²) in [6.07, 6.45) is 1.58. The molecule has 28 heavy (non-hydrogen) atoms. The molecule has 0 radical (unpaired) electrons. The van der Waals surface area contributed by atoms with Gasteiger partial charge < -0.3 is 14.8 Å². The van der Waals surface area contributed by atoms with Crippen molar-refractivity contribution in [2.45, 2.75) is 6.61 Å². The third-order valence-electron chi connectivity index (χ3n) is 4.48. The van der Waals surface area contributed by atoms with Crippen molar-refractivity contribution in [2.75, 3.05) is 7.11 Å². The minimum absolute atomic E-state index is 0.191. The van der Waals surface area contributed by atoms with Crippen molar-refractivity contribution in [2.24, 2.45) is 0 Å². The van der Waals surface area contributed by atoms with Gasteiger partial charge in [-0.2, -0.15) is 0 Å². The fourth-order valence-electron chi connectivity index (χ4n) is 3.12. The summed E-state index contributed by atoms with van der Waals surface area (Å²) in [6.45, 7) is 0.399. The van der Waals surface area contributed by atoms with Gasteiger partial charge in [-0.05, 0) is 40.1 Å². The largest absolute Gasteiger partial charge is 0.493 e. The standard InChI is InChI=1S/C22H18N2O4/c1-27-20-12-14(11-18-21(25)24-22(26)23-18)9-10-19(20)28-13-16-7-4-6-15-5-2-3-8-17(15)16/h2-12H,13H2,1H3,(H2,23,24,25,26)/b18-11+. The lowest BCUT2D eigenvalue weighted by atomic mass is 10.1. The molecule has 1 fully saturated rings. The third kappa shape index (κ3) is 3.53. The first-order valence-electron chi connectivity index (χ1n) is 8.75. The van der Waals surface area contributed by atoms with Gasteiger partial charge in [-0.25, -0.2) is 4.79 Å². The molecular formula is C22H18N2O4. The summed E-state index contributed by atoms with van der Waals surface area (Å²) in [4.78, 5) is 22.9. The van der Waals surface area contributed by atoms with Gasteiger partial charge in [0.1, 0.15) is 12.3 Å². The number of urea groups is 1. The minimum Gasteiger partial charge on any atom is -0.493 e. The zero-order valence-electron chi connectivity index (χ0n) is 15.2. The van der Waals surface area contributed by atoms with E-state index in [1.165, 1.54) is 0 Å². The topological polar surface area (TPSA) is 76.7 Å². The lowest BCUT2D eigenvalue weighted by molar-refractivity contribution is -0.115. The maximum atomic E-state index is 11.7. The molecule has 3 amide bonds. The number of rotatable bonds is 5. The van der Waals surface area contributed by atoms with Crippen LogP contribution in [0.3, 0.4) is 0 Å². The number of imide groups is 1. The molecule has 0 atom stereocenters. The van der Waals surface area contributed by atoms with Crippen LogP contribution in [0.5, 0.6) is 11.5 Å². The smallest absolute Gasteiger partial charge is 0.326 e. The molecular weight excluding hydrogens is 356 g/mol. The predicted molar refractivity (Wildman–Crippen MR) is 106 cm³/mol. The molecule has 0 aromatic heterocycles. The molecule has 0 saturated carbocycles. The molecule has 0 aliphatic carbocycles. The van der Waals surface area contributed by atoms with Crippen molar-refractivity contribution in [1.29, 1.82) is 0 Å². The fraction of sp³-hybridized carbons (Fsp3) is 0.0909. The van der Waals surface area contributed by atoms with Crippen molar-refractivity contribution in [3.05, 3.63) is 77.5 Å². The van der Waals surface area contributed by atoms with E-state index >= 15 is 0 Å². The Kier molecular flexibility index (Phi) is 4.68. The Balaban J connectivity index is 1.56. The van der Waals surface area contributed by atoms with Gasteiger partial charge in [0.2, 0.25) is 0 Å². The summed E-state index contributed by atoms with van der Waals surface area (Å²) < 4.78 is 11.4. The number of ether oxygens (including phenoxy) is 2. The van der Waals surface area contributed by atoms with Gasteiger partial charge in [-0.3, -0.25) is 10.1 Å². The molecule has 0 spiro atoms. The average molecular weight is 374 g/mol. The molecule has 2 N–H and O–H groups in total. The minimum atomic E-state index is -0.529. The first-order valence-corrected chi connectivity index (χ1v) is 8.75. The van der Waals surface area contributed by atoms with E-state index in [9.17, 15) is 9.59 Å². The average Bonchev–Trinajstić information content (AvgIpc) is 3.03. The second-order valence-corrected chi connectivity index (χ2v) is 6.30. The van der Waals surface area contributed by atoms with Crippen molar-refractivity contribution < 1.29 is 19.1 Å². The Hall–Kier alpha value is -3.80. The Morgan fingerprint density at radius 2 is 1.75 bits per heavy atom. The number of hydrogen-bond acceptors (Lipinski definition) is 4. The zero-order valence-corrected chi connectivity index (χ0v) is 15.2. The second-order valence-electron chi connectivity index (χ2n) is 6.30. The van der Waals surface area contributed by atoms with Gasteiger partial charge in [0, 0.05) is 0 Å². The number of amides is 3. The molecule has 1 aliphatic rings. The third-order valence-corrected chi connectivity index (χ3v) is 4.48. The van der Waals surface area contributed by atoms with Gasteiger partial charge in [-0.1, -0.05) is 48.5 Å². The Morgan fingerprint density at radius 1 is 0.929 bits per heavy atom. The van der Waals surface area contributed by atoms with E-state index in [4.69, 9.17) is 9.47 Å². The predicted octanol–water partition coefficient (Wildman–Crippen LogP) is 3.61. The Labute approximate surface area is 161 Å². The highest BCUT2D eigenvalue weighted by molar-refractivity contribution is 6.14. The first-order chi connectivity index (χ1) is 13.6. The van der Waals surface area contributed by atoms with E-state index in [0.717, 1.165) is 16.3 Å². The molecule has 1 saturated heterocycles. The molecule has 140 valence electrons. The molecule has 6 nitrogen and oxygen atoms in total. The van der Waals surface area contributed by atoms with Crippen LogP contribution in [0.2, 0.25) is 0 Å². The molecule has 0 unspecified atom stereocenters. The number of benzene rings is 3. The molecule has 0 bridgehead atoms. The highest BCUT2D eigenvalue weighted by Crippen LogP contribution is 2.30. The molecule has 3 aromatic rings. The Morgan fingerprint density at radius 3 is 2.54 bits per heavy atom. The first kappa shape index (κ1) is 17.6. The van der Waals surface area contributed by atoms with Gasteiger partial charge in [0.15, 0.2) is 11.5 Å². The summed E-state index contributed by atoms with van der Waals surface area (Å²) in [5.74, 6) is 0.678. The summed E-state index contributed by atoms with van der Waals surface area (Å²) in [5.41, 5.74) is 1.98. The van der Waals surface area contributed by atoms with E-state index in [2.05, 4.69) is 28.8 Å². The van der Waals surface area contributed by atoms with Crippen LogP contribution in [0, 0.1) is 0 Å². The van der Waals surface area contributed by atoms with Crippen LogP contribution < -0.4 is 20.1 Å². The normalized spacial score (nSPS) is 14.8. The quantitative estimate of drug-likeness (QED) is 0.528. The van der Waals surface area contributed by atoms with E-state index in [1.54, 1.807) is 31.4 Å². The number of carbonyl (C=O) groups is 2. The molecule has 4 rings (SSSR count). The summed E-state index contributed by atoms with van der Waals surface area (Å²) in [7, 11) is 1.56. The molecule has 3 aromatic carbocycles. The van der Waals surface area contributed by atoms with Crippen molar-refractivity contribution >= 4 is 28.8 Å². The maximum absolute atomic E-state index is 11.7. The van der Waals surface area contributed by atoms with Crippen molar-refractivity contribution in [3.8, 4) is 11.5 Å². The van der Waals surface area contributed by atoms with E-state index in [-0.39, 0.29) is 5.70 Å². The van der Waals surface area contributed by atoms with Gasteiger partial charge in [0.05, 0.1) is 7.11 Å². The second kappa shape index (κ2) is 7.44. The Bertz CT molecular complexity index is 1100. The fourth-order valence-corrected chi connectivity index (χ4v) is 3.12. The van der Waals surface area contributed by atoms with E-state index < -0.39 is 11.9 Å². The van der Waals surface area contributed by atoms with Crippen LogP contribution in [0.4, 0.5) is 4.79 Å². The zero-order chi connectivity index (χ0) is 19.5. The number of hydrogen-bond donors (Lipinski definition) is 2. The van der Waals surface area contributed by atoms with Crippen molar-refractivity contribution in [1.82, 2.24) is 10.6 Å². The lowest BCUT2D eigenvalue weighted by Gasteiger charge is -2.13. The maximum Gasteiger partial charge on any atom is 0.326 e. The van der Waals surface area contributed by atoms with Gasteiger partial charge in [-0.15, -0.1) is 0 Å². The van der Waals surface area contributed by atoms with Crippen LogP contribution >= 0.6 is 0 Å². The number of fused-ring (bicyclic) bond motifs is 1. The van der Waals surface area contributed by atoms with Crippen LogP contribution in [-0.4, -0.2) is 19.0 Å². The summed E-state index contributed by atoms with van der Waals surface area (Å²) in [6, 6.07) is 19.1. The highest BCUT2D eigenvalue weighted by Gasteiger charge is 2.22. The molecule has 1 heterocycles. The van der Waals surface area contributed by atoms with Crippen LogP contribution in [0.1, 0.15) is 11.1 Å². The lowest BCUT2D eigenvalue weighted by Crippen LogP contribution is -2.22. The van der Waals surface area contributed by atoms with E-state index in [1.807, 2.05) is 24.3 Å². The summed E-state index contributed by atoms with van der Waals surface area (Å²) in [5, 5.41) is 6.93. The van der Waals surface area contributed by atoms with Gasteiger partial charge >= 0.3 is 6.03 Å². The SMILES string of the molecule is COc1cc(/C=C2/NC(=O)NC2=O)ccc1OCc1cccc2ccccc12. The molecule has 6 heteroatoms. The number of methoxy groups -OCH3 is 1. The van der Waals surface area contributed by atoms with Crippen molar-refractivity contribution in [3.63, 3.8) is 0 Å². The number of nitrogens with one attached hydrogen (secondary N) is 2. The van der Waals surface area contributed by atoms with Crippen LogP contribution in [-0.2, 0) is 11.4 Å². The van der Waals surface area contributed by atoms with Crippen LogP contribution in [0.15, 0.2) is 66.4 Å². The highest BCUT2D eigenvalue weighted by atomic mass is 16.5.